The Bertz CT molecular complexity index is 1070. The van der Waals surface area contributed by atoms with Crippen LogP contribution in [0.3, 0.4) is 0 Å². The normalized spacial score (nSPS) is 10.7. The van der Waals surface area contributed by atoms with Crippen LogP contribution in [-0.4, -0.2) is 38.3 Å². The van der Waals surface area contributed by atoms with Crippen LogP contribution < -0.4 is 10.5 Å². The SMILES string of the molecule is COc1c(C)cnc(Cn2cc(C#CCC[OH2+])c3c(Cl)nc(N)nc32)c1C. The fourth-order valence-corrected chi connectivity index (χ4v) is 3.26. The average molecular weight is 387 g/mol. The molecule has 0 aromatic carbocycles. The summed E-state index contributed by atoms with van der Waals surface area (Å²) in [6, 6.07) is 0. The number of nitrogens with zero attached hydrogens (tertiary/aromatic N) is 4. The molecule has 0 aliphatic rings. The molecule has 0 aliphatic heterocycles. The lowest BCUT2D eigenvalue weighted by atomic mass is 10.1. The molecule has 0 atom stereocenters. The zero-order valence-corrected chi connectivity index (χ0v) is 16.2. The number of fused-ring (bicyclic) bond motifs is 1. The molecule has 0 bridgehead atoms. The van der Waals surface area contributed by atoms with Crippen LogP contribution in [0.4, 0.5) is 5.95 Å². The van der Waals surface area contributed by atoms with Crippen LogP contribution in [0.15, 0.2) is 12.4 Å². The quantitative estimate of drug-likeness (QED) is 0.420. The van der Waals surface area contributed by atoms with Crippen molar-refractivity contribution >= 4 is 28.6 Å². The predicted molar refractivity (Wildman–Crippen MR) is 106 cm³/mol. The Hall–Kier alpha value is -2.82. The number of aromatic nitrogens is 4. The average Bonchev–Trinajstić information content (AvgIpc) is 2.96. The summed E-state index contributed by atoms with van der Waals surface area (Å²) < 4.78 is 7.41. The molecular weight excluding hydrogens is 366 g/mol. The van der Waals surface area contributed by atoms with E-state index in [1.54, 1.807) is 13.3 Å². The van der Waals surface area contributed by atoms with Gasteiger partial charge in [-0.05, 0) is 13.8 Å². The van der Waals surface area contributed by atoms with E-state index in [9.17, 15) is 0 Å². The monoisotopic (exact) mass is 386 g/mol. The van der Waals surface area contributed by atoms with Crippen molar-refractivity contribution in [2.45, 2.75) is 26.8 Å². The number of rotatable bonds is 4. The minimum atomic E-state index is 0.101. The highest BCUT2D eigenvalue weighted by Crippen LogP contribution is 2.29. The molecule has 0 fully saturated rings. The molecule has 27 heavy (non-hydrogen) atoms. The van der Waals surface area contributed by atoms with Gasteiger partial charge >= 0.3 is 0 Å². The zero-order valence-electron chi connectivity index (χ0n) is 15.4. The van der Waals surface area contributed by atoms with E-state index in [-0.39, 0.29) is 17.7 Å². The van der Waals surface area contributed by atoms with Gasteiger partial charge in [0.2, 0.25) is 5.95 Å². The summed E-state index contributed by atoms with van der Waals surface area (Å²) in [5.41, 5.74) is 9.91. The van der Waals surface area contributed by atoms with Gasteiger partial charge in [0.1, 0.15) is 16.5 Å². The third kappa shape index (κ3) is 3.68. The maximum atomic E-state index is 7.24. The second kappa shape index (κ2) is 7.82. The lowest BCUT2D eigenvalue weighted by Gasteiger charge is -2.13. The molecular formula is C19H21ClN5O2+. The highest BCUT2D eigenvalue weighted by atomic mass is 35.5. The summed E-state index contributed by atoms with van der Waals surface area (Å²) in [6.07, 6.45) is 4.14. The van der Waals surface area contributed by atoms with Crippen molar-refractivity contribution in [2.24, 2.45) is 0 Å². The molecule has 0 aliphatic carbocycles. The minimum absolute atomic E-state index is 0.101. The van der Waals surface area contributed by atoms with Gasteiger partial charge in [-0.2, -0.15) is 4.98 Å². The lowest BCUT2D eigenvalue weighted by molar-refractivity contribution is 0.305. The Morgan fingerprint density at radius 1 is 1.33 bits per heavy atom. The van der Waals surface area contributed by atoms with Gasteiger partial charge in [-0.1, -0.05) is 23.4 Å². The Kier molecular flexibility index (Phi) is 5.49. The van der Waals surface area contributed by atoms with Crippen LogP contribution in [0, 0.1) is 25.7 Å². The van der Waals surface area contributed by atoms with Crippen molar-refractivity contribution < 1.29 is 9.84 Å². The number of hydrogen-bond acceptors (Lipinski definition) is 5. The summed E-state index contributed by atoms with van der Waals surface area (Å²) in [5, 5.41) is 8.15. The molecule has 0 saturated carbocycles. The second-order valence-electron chi connectivity index (χ2n) is 6.09. The standard InChI is InChI=1S/C19H20ClN5O2/c1-11-8-22-14(12(2)16(11)27-3)10-25-9-13(6-4-5-7-26)15-17(20)23-19(21)24-18(15)25/h8-9,26H,5,7,10H2,1-3H3,(H2,21,23,24)/p+1. The van der Waals surface area contributed by atoms with Crippen LogP contribution in [-0.2, 0) is 6.54 Å². The van der Waals surface area contributed by atoms with Crippen molar-refractivity contribution in [1.82, 2.24) is 19.5 Å². The number of nitrogens with two attached hydrogens (primary N) is 1. The summed E-state index contributed by atoms with van der Waals surface area (Å²) in [5.74, 6) is 6.95. The maximum absolute atomic E-state index is 7.24. The van der Waals surface area contributed by atoms with E-state index in [1.807, 2.05) is 24.6 Å². The van der Waals surface area contributed by atoms with Crippen LogP contribution in [0.5, 0.6) is 5.75 Å². The van der Waals surface area contributed by atoms with E-state index in [0.29, 0.717) is 29.6 Å². The fraction of sp³-hybridized carbons (Fsp3) is 0.316. The minimum Gasteiger partial charge on any atom is -0.496 e. The van der Waals surface area contributed by atoms with Crippen molar-refractivity contribution in [3.05, 3.63) is 39.9 Å². The molecule has 8 heteroatoms. The highest BCUT2D eigenvalue weighted by molar-refractivity contribution is 6.34. The van der Waals surface area contributed by atoms with Gasteiger partial charge in [-0.25, -0.2) is 4.98 Å². The molecule has 140 valence electrons. The van der Waals surface area contributed by atoms with Crippen LogP contribution >= 0.6 is 11.6 Å². The number of pyridine rings is 1. The first-order valence-electron chi connectivity index (χ1n) is 8.40. The molecule has 3 aromatic heterocycles. The molecule has 0 amide bonds. The Morgan fingerprint density at radius 3 is 2.81 bits per heavy atom. The molecule has 0 radical (unpaired) electrons. The van der Waals surface area contributed by atoms with E-state index >= 15 is 0 Å². The summed E-state index contributed by atoms with van der Waals surface area (Å²) in [7, 11) is 1.65. The summed E-state index contributed by atoms with van der Waals surface area (Å²) >= 11 is 6.31. The molecule has 7 nitrogen and oxygen atoms in total. The Balaban J connectivity index is 2.14. The van der Waals surface area contributed by atoms with Crippen molar-refractivity contribution in [3.8, 4) is 17.6 Å². The predicted octanol–water partition coefficient (Wildman–Crippen LogP) is 2.20. The molecule has 3 aromatic rings. The largest absolute Gasteiger partial charge is 0.496 e. The fourth-order valence-electron chi connectivity index (χ4n) is 2.99. The first kappa shape index (κ1) is 19.0. The van der Waals surface area contributed by atoms with Crippen LogP contribution in [0.2, 0.25) is 5.15 Å². The molecule has 3 rings (SSSR count). The molecule has 4 N–H and O–H groups in total. The zero-order chi connectivity index (χ0) is 19.6. The van der Waals surface area contributed by atoms with Gasteiger partial charge in [-0.3, -0.25) is 4.98 Å². The van der Waals surface area contributed by atoms with E-state index in [2.05, 4.69) is 26.8 Å². The number of ether oxygens (including phenoxy) is 1. The molecule has 0 saturated heterocycles. The van der Waals surface area contributed by atoms with Gasteiger partial charge in [0.25, 0.3) is 0 Å². The first-order valence-corrected chi connectivity index (χ1v) is 8.78. The molecule has 0 unspecified atom stereocenters. The van der Waals surface area contributed by atoms with Crippen molar-refractivity contribution in [3.63, 3.8) is 0 Å². The lowest BCUT2D eigenvalue weighted by Crippen LogP contribution is -2.07. The number of anilines is 1. The highest BCUT2D eigenvalue weighted by Gasteiger charge is 2.17. The van der Waals surface area contributed by atoms with Gasteiger partial charge in [0, 0.05) is 23.5 Å². The van der Waals surface area contributed by atoms with Crippen molar-refractivity contribution in [2.75, 3.05) is 19.5 Å². The number of aryl methyl sites for hydroxylation is 1. The second-order valence-corrected chi connectivity index (χ2v) is 6.45. The third-order valence-electron chi connectivity index (χ3n) is 4.23. The van der Waals surface area contributed by atoms with E-state index < -0.39 is 0 Å². The number of hydrogen-bond donors (Lipinski definition) is 1. The van der Waals surface area contributed by atoms with Gasteiger partial charge in [0.05, 0.1) is 36.7 Å². The van der Waals surface area contributed by atoms with E-state index in [4.69, 9.17) is 27.2 Å². The number of halogens is 1. The van der Waals surface area contributed by atoms with Crippen molar-refractivity contribution in [1.29, 1.82) is 0 Å². The number of nitrogen functional groups attached to an aromatic ring is 1. The van der Waals surface area contributed by atoms with E-state index in [1.165, 1.54) is 0 Å². The van der Waals surface area contributed by atoms with Gasteiger partial charge < -0.3 is 20.1 Å². The smallest absolute Gasteiger partial charge is 0.223 e. The van der Waals surface area contributed by atoms with Crippen LogP contribution in [0.1, 0.15) is 28.8 Å². The Morgan fingerprint density at radius 2 is 2.11 bits per heavy atom. The third-order valence-corrected chi connectivity index (χ3v) is 4.51. The maximum Gasteiger partial charge on any atom is 0.223 e. The first-order chi connectivity index (χ1) is 13.0. The van der Waals surface area contributed by atoms with Gasteiger partial charge in [-0.15, -0.1) is 0 Å². The number of methoxy groups -OCH3 is 1. The van der Waals surface area contributed by atoms with Gasteiger partial charge in [0.15, 0.2) is 6.61 Å². The topological polar surface area (TPSA) is 102 Å². The van der Waals surface area contributed by atoms with E-state index in [0.717, 1.165) is 22.6 Å². The Labute approximate surface area is 162 Å². The molecule has 0 spiro atoms. The van der Waals surface area contributed by atoms with Crippen LogP contribution in [0.25, 0.3) is 11.0 Å². The molecule has 3 heterocycles. The summed E-state index contributed by atoms with van der Waals surface area (Å²) in [6.45, 7) is 4.65. The summed E-state index contributed by atoms with van der Waals surface area (Å²) in [4.78, 5) is 12.9.